The fourth-order valence-electron chi connectivity index (χ4n) is 3.49. The molecule has 20 heavy (non-hydrogen) atoms. The van der Waals surface area contributed by atoms with E-state index in [1.54, 1.807) is 6.07 Å². The summed E-state index contributed by atoms with van der Waals surface area (Å²) in [7, 11) is 0. The standard InChI is InChI=1S/C15H20BrFN2O/c16-11-5-12(17)7-13(6-11)20-4-3-19-8-10-1-2-15(18)14(10)9-19/h5-7,10,14-15H,1-4,8-9,18H2. The van der Waals surface area contributed by atoms with Crippen LogP contribution in [0.3, 0.4) is 0 Å². The molecule has 2 N–H and O–H groups in total. The van der Waals surface area contributed by atoms with Crippen LogP contribution in [0.4, 0.5) is 4.39 Å². The first-order valence-electron chi connectivity index (χ1n) is 7.18. The first kappa shape index (κ1) is 14.3. The predicted molar refractivity (Wildman–Crippen MR) is 80.2 cm³/mol. The van der Waals surface area contributed by atoms with E-state index in [1.165, 1.54) is 25.0 Å². The summed E-state index contributed by atoms with van der Waals surface area (Å²) in [6.07, 6.45) is 2.44. The van der Waals surface area contributed by atoms with E-state index in [-0.39, 0.29) is 5.82 Å². The second-order valence-corrected chi connectivity index (χ2v) is 6.79. The van der Waals surface area contributed by atoms with Gasteiger partial charge >= 0.3 is 0 Å². The number of benzene rings is 1. The van der Waals surface area contributed by atoms with Crippen molar-refractivity contribution in [3.63, 3.8) is 0 Å². The zero-order chi connectivity index (χ0) is 14.1. The Hall–Kier alpha value is -0.650. The van der Waals surface area contributed by atoms with Crippen molar-refractivity contribution in [2.75, 3.05) is 26.2 Å². The summed E-state index contributed by atoms with van der Waals surface area (Å²) in [6.45, 7) is 3.69. The van der Waals surface area contributed by atoms with Crippen molar-refractivity contribution in [3.05, 3.63) is 28.5 Å². The van der Waals surface area contributed by atoms with Crippen LogP contribution < -0.4 is 10.5 Å². The number of rotatable bonds is 4. The first-order chi connectivity index (χ1) is 9.61. The number of nitrogens with two attached hydrogens (primary N) is 1. The maximum Gasteiger partial charge on any atom is 0.128 e. The molecule has 1 aromatic carbocycles. The van der Waals surface area contributed by atoms with E-state index in [9.17, 15) is 4.39 Å². The molecule has 1 saturated heterocycles. The SMILES string of the molecule is NC1CCC2CN(CCOc3cc(F)cc(Br)c3)CC12. The van der Waals surface area contributed by atoms with Gasteiger partial charge in [-0.15, -0.1) is 0 Å². The monoisotopic (exact) mass is 342 g/mol. The molecule has 0 spiro atoms. The van der Waals surface area contributed by atoms with Crippen molar-refractivity contribution in [2.45, 2.75) is 18.9 Å². The van der Waals surface area contributed by atoms with Crippen molar-refractivity contribution in [1.82, 2.24) is 4.90 Å². The fourth-order valence-corrected chi connectivity index (χ4v) is 3.93. The molecule has 0 amide bonds. The Labute approximate surface area is 127 Å². The van der Waals surface area contributed by atoms with Gasteiger partial charge in [0.05, 0.1) is 0 Å². The van der Waals surface area contributed by atoms with Crippen LogP contribution in [-0.2, 0) is 0 Å². The number of ether oxygens (including phenoxy) is 1. The van der Waals surface area contributed by atoms with Crippen LogP contribution >= 0.6 is 15.9 Å². The average molecular weight is 343 g/mol. The minimum Gasteiger partial charge on any atom is -0.492 e. The van der Waals surface area contributed by atoms with E-state index < -0.39 is 0 Å². The Morgan fingerprint density at radius 3 is 2.90 bits per heavy atom. The van der Waals surface area contributed by atoms with Crippen LogP contribution in [0, 0.1) is 17.7 Å². The van der Waals surface area contributed by atoms with Gasteiger partial charge in [-0.2, -0.15) is 0 Å². The summed E-state index contributed by atoms with van der Waals surface area (Å²) in [5.74, 6) is 1.73. The Bertz CT molecular complexity index is 465. The van der Waals surface area contributed by atoms with Crippen molar-refractivity contribution < 1.29 is 9.13 Å². The predicted octanol–water partition coefficient (Wildman–Crippen LogP) is 2.64. The molecule has 1 heterocycles. The molecular weight excluding hydrogens is 323 g/mol. The van der Waals surface area contributed by atoms with E-state index >= 15 is 0 Å². The lowest BCUT2D eigenvalue weighted by Crippen LogP contribution is -2.32. The van der Waals surface area contributed by atoms with Crippen LogP contribution in [0.5, 0.6) is 5.75 Å². The van der Waals surface area contributed by atoms with Gasteiger partial charge in [0, 0.05) is 36.2 Å². The van der Waals surface area contributed by atoms with E-state index in [0.29, 0.717) is 28.8 Å². The number of nitrogens with zero attached hydrogens (tertiary/aromatic N) is 1. The molecular formula is C15H20BrFN2O. The molecule has 1 saturated carbocycles. The highest BCUT2D eigenvalue weighted by Crippen LogP contribution is 2.36. The highest BCUT2D eigenvalue weighted by molar-refractivity contribution is 9.10. The van der Waals surface area contributed by atoms with Crippen molar-refractivity contribution >= 4 is 15.9 Å². The van der Waals surface area contributed by atoms with Gasteiger partial charge in [0.1, 0.15) is 18.2 Å². The minimum absolute atomic E-state index is 0.281. The third kappa shape index (κ3) is 3.15. The van der Waals surface area contributed by atoms with Gasteiger partial charge in [-0.05, 0) is 36.8 Å². The normalized spacial score (nSPS) is 29.6. The first-order valence-corrected chi connectivity index (χ1v) is 7.98. The third-order valence-electron chi connectivity index (χ3n) is 4.50. The molecule has 3 atom stereocenters. The summed E-state index contributed by atoms with van der Waals surface area (Å²) in [6, 6.07) is 5.01. The van der Waals surface area contributed by atoms with Gasteiger partial charge in [-0.1, -0.05) is 15.9 Å². The summed E-state index contributed by atoms with van der Waals surface area (Å²) in [4.78, 5) is 2.42. The van der Waals surface area contributed by atoms with Gasteiger partial charge in [-0.25, -0.2) is 4.39 Å². The number of halogens is 2. The van der Waals surface area contributed by atoms with Gasteiger partial charge < -0.3 is 10.5 Å². The maximum atomic E-state index is 13.2. The number of likely N-dealkylation sites (tertiary alicyclic amines) is 1. The van der Waals surface area contributed by atoms with Gasteiger partial charge in [0.25, 0.3) is 0 Å². The maximum absolute atomic E-state index is 13.2. The largest absolute Gasteiger partial charge is 0.492 e. The highest BCUT2D eigenvalue weighted by Gasteiger charge is 2.40. The summed E-state index contributed by atoms with van der Waals surface area (Å²) >= 11 is 3.27. The summed E-state index contributed by atoms with van der Waals surface area (Å²) in [5, 5.41) is 0. The van der Waals surface area contributed by atoms with Crippen LogP contribution in [0.2, 0.25) is 0 Å². The molecule has 0 bridgehead atoms. The lowest BCUT2D eigenvalue weighted by atomic mass is 9.98. The number of hydrogen-bond donors (Lipinski definition) is 1. The molecule has 3 unspecified atom stereocenters. The molecule has 0 aromatic heterocycles. The highest BCUT2D eigenvalue weighted by atomic mass is 79.9. The Kier molecular flexibility index (Phi) is 4.29. The average Bonchev–Trinajstić information content (AvgIpc) is 2.91. The van der Waals surface area contributed by atoms with E-state index in [0.717, 1.165) is 25.6 Å². The molecule has 2 aliphatic rings. The van der Waals surface area contributed by atoms with Gasteiger partial charge in [0.15, 0.2) is 0 Å². The molecule has 3 rings (SSSR count). The minimum atomic E-state index is -0.281. The van der Waals surface area contributed by atoms with Crippen molar-refractivity contribution in [1.29, 1.82) is 0 Å². The van der Waals surface area contributed by atoms with E-state index in [2.05, 4.69) is 20.8 Å². The van der Waals surface area contributed by atoms with Gasteiger partial charge in [0.2, 0.25) is 0 Å². The molecule has 1 aliphatic heterocycles. The second-order valence-electron chi connectivity index (χ2n) is 5.88. The molecule has 5 heteroatoms. The lowest BCUT2D eigenvalue weighted by Gasteiger charge is -2.18. The zero-order valence-electron chi connectivity index (χ0n) is 11.4. The Morgan fingerprint density at radius 2 is 2.15 bits per heavy atom. The van der Waals surface area contributed by atoms with Crippen molar-refractivity contribution in [2.24, 2.45) is 17.6 Å². The quantitative estimate of drug-likeness (QED) is 0.914. The smallest absolute Gasteiger partial charge is 0.128 e. The van der Waals surface area contributed by atoms with E-state index in [4.69, 9.17) is 10.5 Å². The molecule has 0 radical (unpaired) electrons. The molecule has 1 aromatic rings. The third-order valence-corrected chi connectivity index (χ3v) is 4.96. The fraction of sp³-hybridized carbons (Fsp3) is 0.600. The molecule has 3 nitrogen and oxygen atoms in total. The number of fused-ring (bicyclic) bond motifs is 1. The van der Waals surface area contributed by atoms with Crippen LogP contribution in [0.1, 0.15) is 12.8 Å². The van der Waals surface area contributed by atoms with Crippen LogP contribution in [0.25, 0.3) is 0 Å². The topological polar surface area (TPSA) is 38.5 Å². The Balaban J connectivity index is 1.47. The zero-order valence-corrected chi connectivity index (χ0v) is 13.0. The van der Waals surface area contributed by atoms with Crippen LogP contribution in [-0.4, -0.2) is 37.2 Å². The lowest BCUT2D eigenvalue weighted by molar-refractivity contribution is 0.225. The summed E-state index contributed by atoms with van der Waals surface area (Å²) in [5.41, 5.74) is 6.13. The molecule has 2 fully saturated rings. The Morgan fingerprint density at radius 1 is 1.30 bits per heavy atom. The van der Waals surface area contributed by atoms with E-state index in [1.807, 2.05) is 0 Å². The van der Waals surface area contributed by atoms with Gasteiger partial charge in [-0.3, -0.25) is 4.90 Å². The molecule has 110 valence electrons. The second kappa shape index (κ2) is 6.00. The number of hydrogen-bond acceptors (Lipinski definition) is 3. The summed E-state index contributed by atoms with van der Waals surface area (Å²) < 4.78 is 19.6. The van der Waals surface area contributed by atoms with Crippen molar-refractivity contribution in [3.8, 4) is 5.75 Å². The molecule has 1 aliphatic carbocycles. The van der Waals surface area contributed by atoms with Crippen LogP contribution in [0.15, 0.2) is 22.7 Å².